The van der Waals surface area contributed by atoms with E-state index in [1.165, 1.54) is 5.56 Å². The van der Waals surface area contributed by atoms with E-state index in [1.807, 2.05) is 24.3 Å². The molecule has 3 amide bonds. The Labute approximate surface area is 155 Å². The van der Waals surface area contributed by atoms with Crippen molar-refractivity contribution in [2.45, 2.75) is 39.5 Å². The van der Waals surface area contributed by atoms with Crippen LogP contribution in [0.25, 0.3) is 0 Å². The highest BCUT2D eigenvalue weighted by Gasteiger charge is 2.22. The zero-order chi connectivity index (χ0) is 19.3. The van der Waals surface area contributed by atoms with E-state index in [9.17, 15) is 14.4 Å². The molecular formula is C20H29N3O3. The number of nitrogens with zero attached hydrogens (tertiary/aromatic N) is 2. The number of benzene rings is 1. The van der Waals surface area contributed by atoms with Crippen molar-refractivity contribution in [3.05, 3.63) is 35.4 Å². The molecule has 0 radical (unpaired) electrons. The van der Waals surface area contributed by atoms with E-state index in [1.54, 1.807) is 16.7 Å². The van der Waals surface area contributed by atoms with Gasteiger partial charge in [-0.25, -0.2) is 0 Å². The SMILES string of the molecule is CC(=O)N1CCN(C(=O)CCNC(=O)c2ccc(C(C)(C)C)cc2)CC1. The van der Waals surface area contributed by atoms with Crippen LogP contribution >= 0.6 is 0 Å². The van der Waals surface area contributed by atoms with Gasteiger partial charge in [0.25, 0.3) is 5.91 Å². The van der Waals surface area contributed by atoms with E-state index < -0.39 is 0 Å². The molecule has 1 fully saturated rings. The van der Waals surface area contributed by atoms with Crippen LogP contribution in [0.5, 0.6) is 0 Å². The molecule has 1 heterocycles. The number of nitrogens with one attached hydrogen (secondary N) is 1. The van der Waals surface area contributed by atoms with Gasteiger partial charge in [0, 0.05) is 51.6 Å². The number of amides is 3. The van der Waals surface area contributed by atoms with Crippen LogP contribution in [-0.4, -0.2) is 60.2 Å². The monoisotopic (exact) mass is 359 g/mol. The first-order valence-corrected chi connectivity index (χ1v) is 9.10. The lowest BCUT2D eigenvalue weighted by Crippen LogP contribution is -2.50. The van der Waals surface area contributed by atoms with Crippen molar-refractivity contribution >= 4 is 17.7 Å². The number of carbonyl (C=O) groups is 3. The molecular weight excluding hydrogens is 330 g/mol. The number of rotatable bonds is 4. The van der Waals surface area contributed by atoms with Crippen molar-refractivity contribution in [3.63, 3.8) is 0 Å². The van der Waals surface area contributed by atoms with Crippen LogP contribution in [0.15, 0.2) is 24.3 Å². The van der Waals surface area contributed by atoms with Gasteiger partial charge in [-0.3, -0.25) is 14.4 Å². The van der Waals surface area contributed by atoms with Gasteiger partial charge in [0.15, 0.2) is 0 Å². The minimum atomic E-state index is -0.167. The number of hydrogen-bond donors (Lipinski definition) is 1. The summed E-state index contributed by atoms with van der Waals surface area (Å²) in [5.74, 6) is -0.113. The molecule has 1 N–H and O–H groups in total. The van der Waals surface area contributed by atoms with Crippen LogP contribution in [-0.2, 0) is 15.0 Å². The summed E-state index contributed by atoms with van der Waals surface area (Å²) in [6.45, 7) is 10.5. The molecule has 1 aromatic carbocycles. The van der Waals surface area contributed by atoms with Crippen molar-refractivity contribution in [2.75, 3.05) is 32.7 Å². The molecule has 6 nitrogen and oxygen atoms in total. The summed E-state index contributed by atoms with van der Waals surface area (Å²) >= 11 is 0. The van der Waals surface area contributed by atoms with Crippen molar-refractivity contribution in [1.29, 1.82) is 0 Å². The van der Waals surface area contributed by atoms with Crippen LogP contribution < -0.4 is 5.32 Å². The van der Waals surface area contributed by atoms with Gasteiger partial charge in [0.05, 0.1) is 0 Å². The van der Waals surface area contributed by atoms with Gasteiger partial charge in [-0.15, -0.1) is 0 Å². The molecule has 1 aromatic rings. The molecule has 26 heavy (non-hydrogen) atoms. The number of piperazine rings is 1. The van der Waals surface area contributed by atoms with E-state index >= 15 is 0 Å². The summed E-state index contributed by atoms with van der Waals surface area (Å²) in [7, 11) is 0. The smallest absolute Gasteiger partial charge is 0.251 e. The second-order valence-corrected chi connectivity index (χ2v) is 7.72. The fraction of sp³-hybridized carbons (Fsp3) is 0.550. The number of carbonyl (C=O) groups excluding carboxylic acids is 3. The summed E-state index contributed by atoms with van der Waals surface area (Å²) in [6.07, 6.45) is 0.270. The molecule has 1 saturated heterocycles. The Hall–Kier alpha value is -2.37. The summed E-state index contributed by atoms with van der Waals surface area (Å²) in [6, 6.07) is 7.57. The highest BCUT2D eigenvalue weighted by atomic mass is 16.2. The zero-order valence-corrected chi connectivity index (χ0v) is 16.2. The fourth-order valence-corrected chi connectivity index (χ4v) is 2.94. The van der Waals surface area contributed by atoms with Crippen LogP contribution in [0.4, 0.5) is 0 Å². The lowest BCUT2D eigenvalue weighted by atomic mass is 9.87. The Balaban J connectivity index is 1.76. The Kier molecular flexibility index (Phi) is 6.40. The Morgan fingerprint density at radius 2 is 1.50 bits per heavy atom. The first-order chi connectivity index (χ1) is 12.2. The van der Waals surface area contributed by atoms with Gasteiger partial charge in [-0.2, -0.15) is 0 Å². The third-order valence-corrected chi connectivity index (χ3v) is 4.72. The standard InChI is InChI=1S/C20H29N3O3/c1-15(24)22-11-13-23(14-12-22)18(25)9-10-21-19(26)16-5-7-17(8-6-16)20(2,3)4/h5-8H,9-14H2,1-4H3,(H,21,26). The van der Waals surface area contributed by atoms with Crippen molar-refractivity contribution in [3.8, 4) is 0 Å². The highest BCUT2D eigenvalue weighted by molar-refractivity contribution is 5.94. The second-order valence-electron chi connectivity index (χ2n) is 7.72. The van der Waals surface area contributed by atoms with Crippen molar-refractivity contribution in [1.82, 2.24) is 15.1 Å². The molecule has 0 aliphatic carbocycles. The largest absolute Gasteiger partial charge is 0.352 e. The average molecular weight is 359 g/mol. The molecule has 0 unspecified atom stereocenters. The van der Waals surface area contributed by atoms with E-state index in [-0.39, 0.29) is 29.6 Å². The van der Waals surface area contributed by atoms with Gasteiger partial charge in [0.2, 0.25) is 11.8 Å². The highest BCUT2D eigenvalue weighted by Crippen LogP contribution is 2.22. The van der Waals surface area contributed by atoms with Gasteiger partial charge in [0.1, 0.15) is 0 Å². The van der Waals surface area contributed by atoms with Crippen LogP contribution in [0.2, 0.25) is 0 Å². The van der Waals surface area contributed by atoms with Crippen LogP contribution in [0, 0.1) is 0 Å². The Bertz CT molecular complexity index is 654. The maximum Gasteiger partial charge on any atom is 0.251 e. The van der Waals surface area contributed by atoms with Gasteiger partial charge < -0.3 is 15.1 Å². The minimum Gasteiger partial charge on any atom is -0.352 e. The van der Waals surface area contributed by atoms with Crippen LogP contribution in [0.1, 0.15) is 50.0 Å². The predicted octanol–water partition coefficient (Wildman–Crippen LogP) is 1.79. The minimum absolute atomic E-state index is 0.0107. The summed E-state index contributed by atoms with van der Waals surface area (Å²) in [4.78, 5) is 39.2. The Morgan fingerprint density at radius 1 is 0.962 bits per heavy atom. The molecule has 2 rings (SSSR count). The summed E-state index contributed by atoms with van der Waals surface area (Å²) in [5.41, 5.74) is 1.82. The molecule has 142 valence electrons. The molecule has 1 aliphatic heterocycles. The lowest BCUT2D eigenvalue weighted by molar-refractivity contribution is -0.138. The van der Waals surface area contributed by atoms with Gasteiger partial charge in [-0.05, 0) is 23.1 Å². The average Bonchev–Trinajstić information content (AvgIpc) is 2.61. The van der Waals surface area contributed by atoms with E-state index in [2.05, 4.69) is 26.1 Å². The first kappa shape index (κ1) is 19.9. The maximum atomic E-state index is 12.2. The summed E-state index contributed by atoms with van der Waals surface area (Å²) in [5, 5.41) is 2.80. The van der Waals surface area contributed by atoms with E-state index in [0.717, 1.165) is 0 Å². The van der Waals surface area contributed by atoms with Crippen molar-refractivity contribution in [2.24, 2.45) is 0 Å². The van der Waals surface area contributed by atoms with Crippen molar-refractivity contribution < 1.29 is 14.4 Å². The molecule has 0 saturated carbocycles. The quantitative estimate of drug-likeness (QED) is 0.891. The first-order valence-electron chi connectivity index (χ1n) is 9.10. The summed E-state index contributed by atoms with van der Waals surface area (Å²) < 4.78 is 0. The third kappa shape index (κ3) is 5.31. The molecule has 0 aromatic heterocycles. The molecule has 1 aliphatic rings. The molecule has 0 atom stereocenters. The molecule has 0 spiro atoms. The van der Waals surface area contributed by atoms with E-state index in [0.29, 0.717) is 38.3 Å². The number of hydrogen-bond acceptors (Lipinski definition) is 3. The molecule has 0 bridgehead atoms. The lowest BCUT2D eigenvalue weighted by Gasteiger charge is -2.34. The normalized spacial score (nSPS) is 14.9. The van der Waals surface area contributed by atoms with Crippen LogP contribution in [0.3, 0.4) is 0 Å². The fourth-order valence-electron chi connectivity index (χ4n) is 2.94. The Morgan fingerprint density at radius 3 is 2.00 bits per heavy atom. The molecule has 6 heteroatoms. The van der Waals surface area contributed by atoms with Gasteiger partial charge >= 0.3 is 0 Å². The maximum absolute atomic E-state index is 12.2. The zero-order valence-electron chi connectivity index (χ0n) is 16.2. The van der Waals surface area contributed by atoms with Gasteiger partial charge in [-0.1, -0.05) is 32.9 Å². The topological polar surface area (TPSA) is 69.7 Å². The predicted molar refractivity (Wildman–Crippen MR) is 101 cm³/mol. The van der Waals surface area contributed by atoms with E-state index in [4.69, 9.17) is 0 Å². The second kappa shape index (κ2) is 8.34. The third-order valence-electron chi connectivity index (χ3n) is 4.72.